The Kier molecular flexibility index (Phi) is 4.66. The average molecular weight is 189 g/mol. The van der Waals surface area contributed by atoms with E-state index in [2.05, 4.69) is 4.90 Å². The van der Waals surface area contributed by atoms with Gasteiger partial charge in [0, 0.05) is 19.3 Å². The molecule has 0 aromatic rings. The molecule has 13 heavy (non-hydrogen) atoms. The summed E-state index contributed by atoms with van der Waals surface area (Å²) in [5, 5.41) is 18.0. The summed E-state index contributed by atoms with van der Waals surface area (Å²) >= 11 is 0. The molecule has 1 aliphatic rings. The van der Waals surface area contributed by atoms with Crippen molar-refractivity contribution in [3.63, 3.8) is 0 Å². The van der Waals surface area contributed by atoms with Gasteiger partial charge in [-0.3, -0.25) is 4.90 Å². The van der Waals surface area contributed by atoms with Crippen LogP contribution in [0.1, 0.15) is 12.8 Å². The second kappa shape index (κ2) is 5.54. The molecule has 1 aliphatic heterocycles. The monoisotopic (exact) mass is 189 g/mol. The Bertz CT molecular complexity index is 133. The van der Waals surface area contributed by atoms with E-state index >= 15 is 0 Å². The van der Waals surface area contributed by atoms with Crippen LogP contribution in [0.3, 0.4) is 0 Å². The third-order valence-corrected chi connectivity index (χ3v) is 2.76. The SMILES string of the molecule is CN(C(CO)CO)C1CCOCC1. The van der Waals surface area contributed by atoms with Gasteiger partial charge in [-0.1, -0.05) is 0 Å². The normalized spacial score (nSPS) is 20.1. The molecule has 4 heteroatoms. The highest BCUT2D eigenvalue weighted by Gasteiger charge is 2.23. The molecule has 1 saturated heterocycles. The highest BCUT2D eigenvalue weighted by molar-refractivity contribution is 4.77. The smallest absolute Gasteiger partial charge is 0.0609 e. The van der Waals surface area contributed by atoms with Crippen LogP contribution in [0, 0.1) is 0 Å². The van der Waals surface area contributed by atoms with Crippen molar-refractivity contribution in [2.75, 3.05) is 33.5 Å². The lowest BCUT2D eigenvalue weighted by Crippen LogP contribution is -2.46. The van der Waals surface area contributed by atoms with Crippen molar-refractivity contribution < 1.29 is 14.9 Å². The lowest BCUT2D eigenvalue weighted by atomic mass is 10.1. The maximum atomic E-state index is 8.99. The van der Waals surface area contributed by atoms with Gasteiger partial charge in [0.1, 0.15) is 0 Å². The number of rotatable bonds is 4. The van der Waals surface area contributed by atoms with Crippen molar-refractivity contribution >= 4 is 0 Å². The number of likely N-dealkylation sites (N-methyl/N-ethyl adjacent to an activating group) is 1. The molecule has 78 valence electrons. The molecule has 0 radical (unpaired) electrons. The molecule has 0 saturated carbocycles. The van der Waals surface area contributed by atoms with Crippen molar-refractivity contribution in [3.05, 3.63) is 0 Å². The Morgan fingerprint density at radius 2 is 1.85 bits per heavy atom. The van der Waals surface area contributed by atoms with Gasteiger partial charge in [0.05, 0.1) is 19.3 Å². The van der Waals surface area contributed by atoms with Crippen molar-refractivity contribution in [1.82, 2.24) is 4.90 Å². The van der Waals surface area contributed by atoms with Crippen LogP contribution in [0.2, 0.25) is 0 Å². The van der Waals surface area contributed by atoms with E-state index in [4.69, 9.17) is 14.9 Å². The number of ether oxygens (including phenoxy) is 1. The zero-order valence-corrected chi connectivity index (χ0v) is 8.15. The largest absolute Gasteiger partial charge is 0.395 e. The van der Waals surface area contributed by atoms with E-state index in [1.165, 1.54) is 0 Å². The summed E-state index contributed by atoms with van der Waals surface area (Å²) < 4.78 is 5.25. The van der Waals surface area contributed by atoms with Gasteiger partial charge in [-0.15, -0.1) is 0 Å². The fourth-order valence-corrected chi connectivity index (χ4v) is 1.71. The predicted octanol–water partition coefficient (Wildman–Crippen LogP) is -0.550. The molecular weight excluding hydrogens is 170 g/mol. The fourth-order valence-electron chi connectivity index (χ4n) is 1.71. The van der Waals surface area contributed by atoms with Gasteiger partial charge in [0.2, 0.25) is 0 Å². The molecule has 0 atom stereocenters. The summed E-state index contributed by atoms with van der Waals surface area (Å²) in [5.41, 5.74) is 0. The van der Waals surface area contributed by atoms with Crippen LogP contribution in [-0.2, 0) is 4.74 Å². The quantitative estimate of drug-likeness (QED) is 0.623. The molecule has 1 rings (SSSR count). The minimum atomic E-state index is -0.122. The van der Waals surface area contributed by atoms with Gasteiger partial charge in [-0.25, -0.2) is 0 Å². The molecule has 0 unspecified atom stereocenters. The van der Waals surface area contributed by atoms with Crippen LogP contribution < -0.4 is 0 Å². The molecule has 0 aromatic heterocycles. The van der Waals surface area contributed by atoms with Crippen molar-refractivity contribution in [3.8, 4) is 0 Å². The van der Waals surface area contributed by atoms with E-state index in [1.54, 1.807) is 0 Å². The molecule has 0 spiro atoms. The van der Waals surface area contributed by atoms with E-state index < -0.39 is 0 Å². The molecule has 1 heterocycles. The maximum absolute atomic E-state index is 8.99. The van der Waals surface area contributed by atoms with Crippen LogP contribution in [-0.4, -0.2) is 60.7 Å². The summed E-state index contributed by atoms with van der Waals surface area (Å²) in [6.45, 7) is 1.62. The van der Waals surface area contributed by atoms with Gasteiger partial charge in [-0.05, 0) is 19.9 Å². The lowest BCUT2D eigenvalue weighted by Gasteiger charge is -2.35. The first kappa shape index (κ1) is 10.9. The minimum Gasteiger partial charge on any atom is -0.395 e. The number of aliphatic hydroxyl groups is 2. The van der Waals surface area contributed by atoms with Gasteiger partial charge >= 0.3 is 0 Å². The first-order chi connectivity index (χ1) is 6.29. The second-order valence-corrected chi connectivity index (χ2v) is 3.53. The van der Waals surface area contributed by atoms with E-state index in [0.29, 0.717) is 6.04 Å². The summed E-state index contributed by atoms with van der Waals surface area (Å²) in [6, 6.07) is 0.321. The molecule has 0 bridgehead atoms. The van der Waals surface area contributed by atoms with E-state index in [0.717, 1.165) is 26.1 Å². The number of hydrogen-bond acceptors (Lipinski definition) is 4. The Morgan fingerprint density at radius 3 is 2.31 bits per heavy atom. The van der Waals surface area contributed by atoms with Crippen molar-refractivity contribution in [1.29, 1.82) is 0 Å². The molecule has 2 N–H and O–H groups in total. The number of hydrogen-bond donors (Lipinski definition) is 2. The van der Waals surface area contributed by atoms with Crippen LogP contribution in [0.5, 0.6) is 0 Å². The first-order valence-electron chi connectivity index (χ1n) is 4.81. The summed E-state index contributed by atoms with van der Waals surface area (Å²) in [6.07, 6.45) is 1.99. The Morgan fingerprint density at radius 1 is 1.31 bits per heavy atom. The molecule has 0 aliphatic carbocycles. The van der Waals surface area contributed by atoms with Gasteiger partial charge in [0.15, 0.2) is 0 Å². The standard InChI is InChI=1S/C9H19NO3/c1-10(9(6-11)7-12)8-2-4-13-5-3-8/h8-9,11-12H,2-7H2,1H3. The van der Waals surface area contributed by atoms with Crippen molar-refractivity contribution in [2.24, 2.45) is 0 Å². The highest BCUT2D eigenvalue weighted by Crippen LogP contribution is 2.14. The third kappa shape index (κ3) is 2.91. The van der Waals surface area contributed by atoms with E-state index in [1.807, 2.05) is 7.05 Å². The zero-order valence-electron chi connectivity index (χ0n) is 8.15. The van der Waals surface area contributed by atoms with Gasteiger partial charge < -0.3 is 14.9 Å². The van der Waals surface area contributed by atoms with Crippen molar-refractivity contribution in [2.45, 2.75) is 24.9 Å². The fraction of sp³-hybridized carbons (Fsp3) is 1.00. The van der Waals surface area contributed by atoms with Crippen LogP contribution in [0.25, 0.3) is 0 Å². The summed E-state index contributed by atoms with van der Waals surface area (Å²) in [7, 11) is 1.95. The summed E-state index contributed by atoms with van der Waals surface area (Å²) in [4.78, 5) is 2.06. The molecular formula is C9H19NO3. The molecule has 1 fully saturated rings. The van der Waals surface area contributed by atoms with Gasteiger partial charge in [0.25, 0.3) is 0 Å². The maximum Gasteiger partial charge on any atom is 0.0609 e. The Labute approximate surface area is 79.1 Å². The molecule has 4 nitrogen and oxygen atoms in total. The Hall–Kier alpha value is -0.160. The number of nitrogens with zero attached hydrogens (tertiary/aromatic N) is 1. The zero-order chi connectivity index (χ0) is 9.68. The average Bonchev–Trinajstić information content (AvgIpc) is 2.21. The van der Waals surface area contributed by atoms with E-state index in [-0.39, 0.29) is 19.3 Å². The third-order valence-electron chi connectivity index (χ3n) is 2.76. The molecule has 0 aromatic carbocycles. The minimum absolute atomic E-state index is 0.0182. The Balaban J connectivity index is 2.38. The topological polar surface area (TPSA) is 52.9 Å². The van der Waals surface area contributed by atoms with E-state index in [9.17, 15) is 0 Å². The molecule has 0 amide bonds. The number of aliphatic hydroxyl groups excluding tert-OH is 2. The highest BCUT2D eigenvalue weighted by atomic mass is 16.5. The first-order valence-corrected chi connectivity index (χ1v) is 4.81. The summed E-state index contributed by atoms with van der Waals surface area (Å²) in [5.74, 6) is 0. The predicted molar refractivity (Wildman–Crippen MR) is 49.6 cm³/mol. The van der Waals surface area contributed by atoms with Gasteiger partial charge in [-0.2, -0.15) is 0 Å². The van der Waals surface area contributed by atoms with Crippen LogP contribution >= 0.6 is 0 Å². The lowest BCUT2D eigenvalue weighted by molar-refractivity contribution is 0.00300. The van der Waals surface area contributed by atoms with Crippen LogP contribution in [0.4, 0.5) is 0 Å². The van der Waals surface area contributed by atoms with Crippen LogP contribution in [0.15, 0.2) is 0 Å². The second-order valence-electron chi connectivity index (χ2n) is 3.53.